The minimum Gasteiger partial charge on any atom is -0.456 e. The number of anilines is 2. The molecule has 5 nitrogen and oxygen atoms in total. The Morgan fingerprint density at radius 3 is 2.21 bits per heavy atom. The van der Waals surface area contributed by atoms with Gasteiger partial charge in [0.2, 0.25) is 0 Å². The van der Waals surface area contributed by atoms with E-state index in [4.69, 9.17) is 4.74 Å². The van der Waals surface area contributed by atoms with Gasteiger partial charge in [-0.05, 0) is 24.3 Å². The van der Waals surface area contributed by atoms with E-state index in [0.717, 1.165) is 21.2 Å². The van der Waals surface area contributed by atoms with Gasteiger partial charge < -0.3 is 15.0 Å². The monoisotopic (exact) mass is 342 g/mol. The van der Waals surface area contributed by atoms with E-state index in [1.807, 2.05) is 36.4 Å². The summed E-state index contributed by atoms with van der Waals surface area (Å²) in [6, 6.07) is 16.3. The van der Waals surface area contributed by atoms with Crippen molar-refractivity contribution in [2.24, 2.45) is 0 Å². The number of carbonyl (C=O) groups excluding carboxylic acids is 2. The van der Waals surface area contributed by atoms with Crippen LogP contribution in [-0.4, -0.2) is 32.1 Å². The maximum absolute atomic E-state index is 11.9. The van der Waals surface area contributed by atoms with Crippen LogP contribution in [-0.2, 0) is 14.3 Å². The van der Waals surface area contributed by atoms with Gasteiger partial charge in [0.05, 0.1) is 17.8 Å². The molecule has 6 heteroatoms. The lowest BCUT2D eigenvalue weighted by atomic mass is 10.2. The van der Waals surface area contributed by atoms with E-state index in [0.29, 0.717) is 6.54 Å². The summed E-state index contributed by atoms with van der Waals surface area (Å²) in [5.41, 5.74) is 2.17. The Balaban J connectivity index is 1.73. The molecule has 0 fully saturated rings. The van der Waals surface area contributed by atoms with Crippen LogP contribution in [0.4, 0.5) is 11.4 Å². The molecule has 0 bridgehead atoms. The van der Waals surface area contributed by atoms with E-state index in [9.17, 15) is 9.59 Å². The summed E-state index contributed by atoms with van der Waals surface area (Å²) in [4.78, 5) is 27.5. The highest BCUT2D eigenvalue weighted by molar-refractivity contribution is 7.99. The lowest BCUT2D eigenvalue weighted by molar-refractivity contribution is -0.148. The highest BCUT2D eigenvalue weighted by Crippen LogP contribution is 2.47. The molecule has 1 aliphatic rings. The van der Waals surface area contributed by atoms with Gasteiger partial charge in [0.1, 0.15) is 0 Å². The standard InChI is InChI=1S/C18H18N2O3S/c1-19-17(21)12-23-18(22)10-11-20-13-6-2-4-8-15(13)24-16-9-5-3-7-14(16)20/h2-9H,10-12H2,1H3,(H,19,21). The quantitative estimate of drug-likeness (QED) is 0.847. The molecule has 1 N–H and O–H groups in total. The second-order valence-corrected chi connectivity index (χ2v) is 6.36. The van der Waals surface area contributed by atoms with Crippen LogP contribution in [0.5, 0.6) is 0 Å². The summed E-state index contributed by atoms with van der Waals surface area (Å²) in [5, 5.41) is 2.42. The summed E-state index contributed by atoms with van der Waals surface area (Å²) in [6.07, 6.45) is 0.213. The van der Waals surface area contributed by atoms with Gasteiger partial charge in [0.15, 0.2) is 6.61 Å². The number of amides is 1. The summed E-state index contributed by atoms with van der Waals surface area (Å²) in [6.45, 7) is 0.263. The molecule has 1 heterocycles. The Hall–Kier alpha value is -2.47. The van der Waals surface area contributed by atoms with Crippen molar-refractivity contribution in [3.8, 4) is 0 Å². The summed E-state index contributed by atoms with van der Waals surface area (Å²) in [7, 11) is 1.51. The van der Waals surface area contributed by atoms with Crippen LogP contribution >= 0.6 is 11.8 Å². The molecule has 0 unspecified atom stereocenters. The summed E-state index contributed by atoms with van der Waals surface area (Å²) in [5.74, 6) is -0.694. The number of fused-ring (bicyclic) bond motifs is 2. The molecule has 1 amide bonds. The van der Waals surface area contributed by atoms with Crippen LogP contribution in [0.25, 0.3) is 0 Å². The van der Waals surface area contributed by atoms with E-state index >= 15 is 0 Å². The SMILES string of the molecule is CNC(=O)COC(=O)CCN1c2ccccc2Sc2ccccc21. The van der Waals surface area contributed by atoms with Crippen molar-refractivity contribution in [2.45, 2.75) is 16.2 Å². The predicted molar refractivity (Wildman–Crippen MR) is 93.7 cm³/mol. The van der Waals surface area contributed by atoms with Gasteiger partial charge in [-0.1, -0.05) is 36.0 Å². The number of benzene rings is 2. The fraction of sp³-hybridized carbons (Fsp3) is 0.222. The number of para-hydroxylation sites is 2. The van der Waals surface area contributed by atoms with Gasteiger partial charge >= 0.3 is 5.97 Å². The van der Waals surface area contributed by atoms with Crippen LogP contribution in [0.2, 0.25) is 0 Å². The minimum atomic E-state index is -0.383. The smallest absolute Gasteiger partial charge is 0.308 e. The third-order valence-corrected chi connectivity index (χ3v) is 4.84. The molecule has 124 valence electrons. The molecule has 0 saturated carbocycles. The lowest BCUT2D eigenvalue weighted by Gasteiger charge is -2.32. The minimum absolute atomic E-state index is 0.213. The Morgan fingerprint density at radius 1 is 1.04 bits per heavy atom. The Bertz CT molecular complexity index is 718. The number of likely N-dealkylation sites (N-methyl/N-ethyl adjacent to an activating group) is 1. The van der Waals surface area contributed by atoms with Crippen molar-refractivity contribution in [2.75, 3.05) is 25.1 Å². The highest BCUT2D eigenvalue weighted by atomic mass is 32.2. The highest BCUT2D eigenvalue weighted by Gasteiger charge is 2.23. The third kappa shape index (κ3) is 3.54. The van der Waals surface area contributed by atoms with Crippen LogP contribution in [0.1, 0.15) is 6.42 Å². The maximum atomic E-state index is 11.9. The van der Waals surface area contributed by atoms with Crippen molar-refractivity contribution in [3.05, 3.63) is 48.5 Å². The molecular weight excluding hydrogens is 324 g/mol. The molecule has 24 heavy (non-hydrogen) atoms. The first-order chi connectivity index (χ1) is 11.7. The van der Waals surface area contributed by atoms with Crippen LogP contribution in [0.15, 0.2) is 58.3 Å². The zero-order valence-electron chi connectivity index (χ0n) is 13.3. The number of nitrogens with zero attached hydrogens (tertiary/aromatic N) is 1. The zero-order chi connectivity index (χ0) is 16.9. The first-order valence-electron chi connectivity index (χ1n) is 7.68. The number of rotatable bonds is 5. The van der Waals surface area contributed by atoms with E-state index in [-0.39, 0.29) is 24.9 Å². The van der Waals surface area contributed by atoms with Crippen molar-refractivity contribution in [3.63, 3.8) is 0 Å². The number of nitrogens with one attached hydrogen (secondary N) is 1. The first kappa shape index (κ1) is 16.4. The number of ether oxygens (including phenoxy) is 1. The first-order valence-corrected chi connectivity index (χ1v) is 8.50. The number of hydrogen-bond donors (Lipinski definition) is 1. The number of carbonyl (C=O) groups is 2. The third-order valence-electron chi connectivity index (χ3n) is 3.71. The molecule has 0 aliphatic carbocycles. The Morgan fingerprint density at radius 2 is 1.62 bits per heavy atom. The molecule has 0 atom stereocenters. The molecule has 2 aromatic carbocycles. The van der Waals surface area contributed by atoms with Crippen LogP contribution in [0, 0.1) is 0 Å². The maximum Gasteiger partial charge on any atom is 0.308 e. The van der Waals surface area contributed by atoms with Gasteiger partial charge in [-0.25, -0.2) is 0 Å². The molecular formula is C18H18N2O3S. The fourth-order valence-electron chi connectivity index (χ4n) is 2.52. The van der Waals surface area contributed by atoms with Crippen molar-refractivity contribution in [1.82, 2.24) is 5.32 Å². The Kier molecular flexibility index (Phi) is 5.05. The second kappa shape index (κ2) is 7.40. The fourth-order valence-corrected chi connectivity index (χ4v) is 3.61. The average Bonchev–Trinajstić information content (AvgIpc) is 2.63. The summed E-state index contributed by atoms with van der Waals surface area (Å²) >= 11 is 1.73. The van der Waals surface area contributed by atoms with Gasteiger partial charge in [-0.3, -0.25) is 9.59 Å². The van der Waals surface area contributed by atoms with E-state index < -0.39 is 0 Å². The lowest BCUT2D eigenvalue weighted by Crippen LogP contribution is -2.27. The largest absolute Gasteiger partial charge is 0.456 e. The predicted octanol–water partition coefficient (Wildman–Crippen LogP) is 2.97. The van der Waals surface area contributed by atoms with E-state index in [1.54, 1.807) is 11.8 Å². The molecule has 0 radical (unpaired) electrons. The average molecular weight is 342 g/mol. The molecule has 0 saturated heterocycles. The molecule has 3 rings (SSSR count). The van der Waals surface area contributed by atoms with E-state index in [1.165, 1.54) is 7.05 Å². The molecule has 0 spiro atoms. The van der Waals surface area contributed by atoms with Crippen molar-refractivity contribution < 1.29 is 14.3 Å². The van der Waals surface area contributed by atoms with Crippen molar-refractivity contribution in [1.29, 1.82) is 0 Å². The Labute approximate surface area is 145 Å². The van der Waals surface area contributed by atoms with Gasteiger partial charge in [0, 0.05) is 23.4 Å². The second-order valence-electron chi connectivity index (χ2n) is 5.27. The normalized spacial score (nSPS) is 12.1. The number of esters is 1. The molecule has 1 aliphatic heterocycles. The van der Waals surface area contributed by atoms with Crippen LogP contribution in [0.3, 0.4) is 0 Å². The topological polar surface area (TPSA) is 58.6 Å². The van der Waals surface area contributed by atoms with Gasteiger partial charge in [-0.2, -0.15) is 0 Å². The molecule has 2 aromatic rings. The van der Waals surface area contributed by atoms with Gasteiger partial charge in [-0.15, -0.1) is 0 Å². The van der Waals surface area contributed by atoms with Gasteiger partial charge in [0.25, 0.3) is 5.91 Å². The number of hydrogen-bond acceptors (Lipinski definition) is 5. The van der Waals surface area contributed by atoms with Crippen LogP contribution < -0.4 is 10.2 Å². The van der Waals surface area contributed by atoms with E-state index in [2.05, 4.69) is 22.3 Å². The zero-order valence-corrected chi connectivity index (χ0v) is 14.1. The summed E-state index contributed by atoms with van der Waals surface area (Å²) < 4.78 is 4.98. The van der Waals surface area contributed by atoms with Crippen molar-refractivity contribution >= 4 is 35.0 Å². The molecule has 0 aromatic heterocycles.